The Morgan fingerprint density at radius 3 is 2.63 bits per heavy atom. The summed E-state index contributed by atoms with van der Waals surface area (Å²) in [6.07, 6.45) is 1.60. The molecule has 1 aliphatic rings. The van der Waals surface area contributed by atoms with Gasteiger partial charge in [-0.2, -0.15) is 4.37 Å². The molecule has 8 heteroatoms. The molecule has 0 radical (unpaired) electrons. The van der Waals surface area contributed by atoms with Gasteiger partial charge < -0.3 is 9.80 Å². The number of alkyl halides is 1. The van der Waals surface area contributed by atoms with E-state index in [4.69, 9.17) is 28.2 Å². The van der Waals surface area contributed by atoms with Gasteiger partial charge in [-0.25, -0.2) is 4.98 Å². The largest absolute Gasteiger partial charge is 0.345 e. The summed E-state index contributed by atoms with van der Waals surface area (Å²) in [5.74, 6) is 1.27. The topological polar surface area (TPSA) is 49.3 Å². The Morgan fingerprint density at radius 1 is 1.19 bits per heavy atom. The number of amides is 1. The van der Waals surface area contributed by atoms with Gasteiger partial charge in [-0.3, -0.25) is 4.79 Å². The van der Waals surface area contributed by atoms with Crippen LogP contribution in [0.2, 0.25) is 5.02 Å². The van der Waals surface area contributed by atoms with E-state index < -0.39 is 5.41 Å². The van der Waals surface area contributed by atoms with Crippen molar-refractivity contribution in [2.45, 2.75) is 26.7 Å². The van der Waals surface area contributed by atoms with Crippen LogP contribution in [0.15, 0.2) is 24.3 Å². The minimum Gasteiger partial charge on any atom is -0.345 e. The number of anilines is 1. The maximum atomic E-state index is 12.7. The van der Waals surface area contributed by atoms with Crippen LogP contribution in [0.25, 0.3) is 0 Å². The van der Waals surface area contributed by atoms with E-state index in [-0.39, 0.29) is 5.91 Å². The SMILES string of the molecule is CC(C)(CCl)C(=O)N1CCCN(c2nc(Cc3ccc(Cl)cc3)ns2)CC1. The van der Waals surface area contributed by atoms with Crippen LogP contribution in [-0.2, 0) is 11.2 Å². The fourth-order valence-corrected chi connectivity index (χ4v) is 4.00. The standard InChI is InChI=1S/C19H24Cl2N4OS/c1-19(2,13-20)17(26)24-8-3-9-25(11-10-24)18-22-16(23-27-18)12-14-4-6-15(21)7-5-14/h4-7H,3,8-13H2,1-2H3. The van der Waals surface area contributed by atoms with Gasteiger partial charge in [0.1, 0.15) is 5.82 Å². The minimum absolute atomic E-state index is 0.125. The zero-order valence-corrected chi connectivity index (χ0v) is 17.9. The lowest BCUT2D eigenvalue weighted by Crippen LogP contribution is -2.43. The monoisotopic (exact) mass is 426 g/mol. The number of nitrogens with zero attached hydrogens (tertiary/aromatic N) is 4. The van der Waals surface area contributed by atoms with E-state index in [0.717, 1.165) is 47.6 Å². The average Bonchev–Trinajstić information content (AvgIpc) is 2.98. The third-order valence-electron chi connectivity index (χ3n) is 4.70. The fraction of sp³-hybridized carbons (Fsp3) is 0.526. The molecule has 1 fully saturated rings. The van der Waals surface area contributed by atoms with Gasteiger partial charge >= 0.3 is 0 Å². The van der Waals surface area contributed by atoms with Crippen LogP contribution >= 0.6 is 34.7 Å². The normalized spacial score (nSPS) is 15.7. The van der Waals surface area contributed by atoms with Crippen LogP contribution in [0.3, 0.4) is 0 Å². The molecule has 146 valence electrons. The lowest BCUT2D eigenvalue weighted by atomic mass is 9.94. The molecule has 27 heavy (non-hydrogen) atoms. The predicted molar refractivity (Wildman–Crippen MR) is 112 cm³/mol. The van der Waals surface area contributed by atoms with Gasteiger partial charge in [0.2, 0.25) is 11.0 Å². The second-order valence-corrected chi connectivity index (χ2v) is 8.88. The Labute approximate surface area is 174 Å². The number of halogens is 2. The van der Waals surface area contributed by atoms with E-state index >= 15 is 0 Å². The predicted octanol–water partition coefficient (Wildman–Crippen LogP) is 4.09. The van der Waals surface area contributed by atoms with Crippen molar-refractivity contribution in [3.05, 3.63) is 40.7 Å². The molecule has 2 aromatic rings. The summed E-state index contributed by atoms with van der Waals surface area (Å²) >= 11 is 13.3. The Bertz CT molecular complexity index is 778. The molecule has 0 N–H and O–H groups in total. The van der Waals surface area contributed by atoms with Gasteiger partial charge in [0.25, 0.3) is 0 Å². The second-order valence-electron chi connectivity index (χ2n) is 7.45. The molecule has 0 saturated carbocycles. The Balaban J connectivity index is 1.62. The second kappa shape index (κ2) is 8.76. The first-order chi connectivity index (χ1) is 12.9. The first kappa shape index (κ1) is 20.4. The van der Waals surface area contributed by atoms with E-state index in [1.54, 1.807) is 0 Å². The maximum absolute atomic E-state index is 12.7. The lowest BCUT2D eigenvalue weighted by molar-refractivity contribution is -0.139. The summed E-state index contributed by atoms with van der Waals surface area (Å²) in [5.41, 5.74) is 0.616. The van der Waals surface area contributed by atoms with Crippen LogP contribution in [0.1, 0.15) is 31.7 Å². The van der Waals surface area contributed by atoms with Crippen LogP contribution in [0.4, 0.5) is 5.13 Å². The Morgan fingerprint density at radius 2 is 1.93 bits per heavy atom. The van der Waals surface area contributed by atoms with Gasteiger partial charge in [0.15, 0.2) is 0 Å². The van der Waals surface area contributed by atoms with Gasteiger partial charge in [-0.15, -0.1) is 11.6 Å². The molecule has 0 atom stereocenters. The van der Waals surface area contributed by atoms with E-state index in [2.05, 4.69) is 9.27 Å². The molecule has 1 aromatic heterocycles. The molecular weight excluding hydrogens is 403 g/mol. The van der Waals surface area contributed by atoms with Crippen molar-refractivity contribution in [3.63, 3.8) is 0 Å². The minimum atomic E-state index is -0.523. The number of aromatic nitrogens is 2. The zero-order valence-electron chi connectivity index (χ0n) is 15.6. The van der Waals surface area contributed by atoms with Crippen LogP contribution < -0.4 is 4.90 Å². The number of carbonyl (C=O) groups is 1. The van der Waals surface area contributed by atoms with Crippen LogP contribution in [0.5, 0.6) is 0 Å². The van der Waals surface area contributed by atoms with Crippen molar-refractivity contribution >= 4 is 45.8 Å². The number of rotatable bonds is 5. The molecule has 0 aliphatic carbocycles. The summed E-state index contributed by atoms with van der Waals surface area (Å²) in [4.78, 5) is 21.5. The van der Waals surface area contributed by atoms with Gasteiger partial charge in [-0.05, 0) is 38.0 Å². The molecule has 1 amide bonds. The Hall–Kier alpha value is -1.37. The van der Waals surface area contributed by atoms with Crippen molar-refractivity contribution in [2.75, 3.05) is 37.0 Å². The van der Waals surface area contributed by atoms with Crippen molar-refractivity contribution in [1.82, 2.24) is 14.3 Å². The quantitative estimate of drug-likeness (QED) is 0.675. The fourth-order valence-electron chi connectivity index (χ4n) is 3.03. The third kappa shape index (κ3) is 5.12. The molecule has 2 heterocycles. The smallest absolute Gasteiger partial charge is 0.229 e. The molecule has 1 saturated heterocycles. The van der Waals surface area contributed by atoms with Crippen molar-refractivity contribution in [3.8, 4) is 0 Å². The van der Waals surface area contributed by atoms with E-state index in [0.29, 0.717) is 18.8 Å². The van der Waals surface area contributed by atoms with E-state index in [1.165, 1.54) is 11.5 Å². The molecule has 0 bridgehead atoms. The van der Waals surface area contributed by atoms with Crippen molar-refractivity contribution < 1.29 is 4.79 Å². The lowest BCUT2D eigenvalue weighted by Gasteiger charge is -2.29. The van der Waals surface area contributed by atoms with E-state index in [1.807, 2.05) is 43.0 Å². The van der Waals surface area contributed by atoms with Crippen molar-refractivity contribution in [2.24, 2.45) is 5.41 Å². The highest BCUT2D eigenvalue weighted by molar-refractivity contribution is 7.09. The number of hydrogen-bond acceptors (Lipinski definition) is 5. The highest BCUT2D eigenvalue weighted by atomic mass is 35.5. The average molecular weight is 427 g/mol. The number of benzene rings is 1. The van der Waals surface area contributed by atoms with E-state index in [9.17, 15) is 4.79 Å². The molecule has 0 spiro atoms. The van der Waals surface area contributed by atoms with Gasteiger partial charge in [-0.1, -0.05) is 23.7 Å². The Kier molecular flexibility index (Phi) is 6.61. The molecule has 1 aliphatic heterocycles. The van der Waals surface area contributed by atoms with Crippen molar-refractivity contribution in [1.29, 1.82) is 0 Å². The summed E-state index contributed by atoms with van der Waals surface area (Å²) in [7, 11) is 0. The molecular formula is C19H24Cl2N4OS. The highest BCUT2D eigenvalue weighted by Crippen LogP contribution is 2.24. The summed E-state index contributed by atoms with van der Waals surface area (Å²) in [6.45, 7) is 6.88. The summed E-state index contributed by atoms with van der Waals surface area (Å²) < 4.78 is 4.50. The zero-order chi connectivity index (χ0) is 19.4. The molecule has 5 nitrogen and oxygen atoms in total. The van der Waals surface area contributed by atoms with Crippen LogP contribution in [-0.4, -0.2) is 52.2 Å². The molecule has 1 aromatic carbocycles. The highest BCUT2D eigenvalue weighted by Gasteiger charge is 2.32. The number of carbonyl (C=O) groups excluding carboxylic acids is 1. The summed E-state index contributed by atoms with van der Waals surface area (Å²) in [5, 5.41) is 1.65. The molecule has 3 rings (SSSR count). The van der Waals surface area contributed by atoms with Crippen LogP contribution in [0, 0.1) is 5.41 Å². The number of hydrogen-bond donors (Lipinski definition) is 0. The van der Waals surface area contributed by atoms with Gasteiger partial charge in [0.05, 0.1) is 5.41 Å². The third-order valence-corrected chi connectivity index (χ3v) is 6.43. The summed E-state index contributed by atoms with van der Waals surface area (Å²) in [6, 6.07) is 7.76. The first-order valence-electron chi connectivity index (χ1n) is 9.06. The van der Waals surface area contributed by atoms with Gasteiger partial charge in [0, 0.05) is 55.0 Å². The first-order valence-corrected chi connectivity index (χ1v) is 10.7. The maximum Gasteiger partial charge on any atom is 0.229 e. The molecule has 0 unspecified atom stereocenters.